The van der Waals surface area contributed by atoms with Gasteiger partial charge < -0.3 is 4.98 Å². The number of hydrogen-bond donors (Lipinski definition) is 3. The summed E-state index contributed by atoms with van der Waals surface area (Å²) >= 11 is 0. The number of carbonyl (C=O) groups excluding carboxylic acids is 1. The molecule has 0 fully saturated rings. The van der Waals surface area contributed by atoms with Gasteiger partial charge in [-0.15, -0.1) is 0 Å². The third-order valence-corrected chi connectivity index (χ3v) is 3.62. The van der Waals surface area contributed by atoms with Crippen molar-refractivity contribution >= 4 is 16.8 Å². The van der Waals surface area contributed by atoms with Gasteiger partial charge in [0.2, 0.25) is 0 Å². The number of unbranched alkanes of at least 4 members (excludes halogenated alkanes) is 2. The number of benzene rings is 1. The third-order valence-electron chi connectivity index (χ3n) is 3.62. The second kappa shape index (κ2) is 8.64. The van der Waals surface area contributed by atoms with Gasteiger partial charge in [0, 0.05) is 24.0 Å². The first kappa shape index (κ1) is 17.4. The number of hydrogen-bond acceptors (Lipinski definition) is 3. The van der Waals surface area contributed by atoms with E-state index in [0.29, 0.717) is 11.1 Å². The van der Waals surface area contributed by atoms with Crippen LogP contribution in [-0.4, -0.2) is 29.1 Å². The molecule has 0 bridgehead atoms. The van der Waals surface area contributed by atoms with Gasteiger partial charge in [-0.05, 0) is 37.1 Å². The van der Waals surface area contributed by atoms with Crippen LogP contribution in [0.5, 0.6) is 0 Å². The summed E-state index contributed by atoms with van der Waals surface area (Å²) in [7, 11) is 0. The predicted octanol–water partition coefficient (Wildman–Crippen LogP) is 3.36. The van der Waals surface area contributed by atoms with Gasteiger partial charge in [0.1, 0.15) is 11.5 Å². The number of aromatic nitrogens is 1. The van der Waals surface area contributed by atoms with Crippen LogP contribution in [0.2, 0.25) is 0 Å². The van der Waals surface area contributed by atoms with Crippen LogP contribution in [0.4, 0.5) is 4.39 Å². The first-order valence-electron chi connectivity index (χ1n) is 8.25. The predicted molar refractivity (Wildman–Crippen MR) is 90.2 cm³/mol. The molecule has 23 heavy (non-hydrogen) atoms. The fourth-order valence-electron chi connectivity index (χ4n) is 2.27. The zero-order chi connectivity index (χ0) is 16.7. The van der Waals surface area contributed by atoms with E-state index in [1.54, 1.807) is 12.1 Å². The van der Waals surface area contributed by atoms with Gasteiger partial charge in [-0.2, -0.15) is 0 Å². The smallest absolute Gasteiger partial charge is 0.299 e. The number of nitrogens with one attached hydrogen (secondary N) is 3. The number of halogens is 1. The molecule has 126 valence electrons. The molecule has 2 aromatic rings. The zero-order valence-electron chi connectivity index (χ0n) is 13.8. The Morgan fingerprint density at radius 2 is 1.78 bits per heavy atom. The second-order valence-corrected chi connectivity index (χ2v) is 5.58. The van der Waals surface area contributed by atoms with Crippen LogP contribution in [0.15, 0.2) is 24.3 Å². The highest BCUT2D eigenvalue weighted by Crippen LogP contribution is 2.17. The summed E-state index contributed by atoms with van der Waals surface area (Å²) in [6.45, 7) is 5.64. The van der Waals surface area contributed by atoms with Gasteiger partial charge in [-0.1, -0.05) is 26.7 Å². The molecular formula is C17H25FN4O. The molecular weight excluding hydrogens is 295 g/mol. The molecule has 5 nitrogen and oxygen atoms in total. The van der Waals surface area contributed by atoms with E-state index >= 15 is 0 Å². The highest BCUT2D eigenvalue weighted by molar-refractivity contribution is 5.97. The van der Waals surface area contributed by atoms with E-state index in [-0.39, 0.29) is 11.7 Å². The highest BCUT2D eigenvalue weighted by Gasteiger charge is 2.17. The van der Waals surface area contributed by atoms with Crippen molar-refractivity contribution in [1.82, 2.24) is 21.0 Å². The maximum absolute atomic E-state index is 13.3. The molecule has 0 spiro atoms. The van der Waals surface area contributed by atoms with Gasteiger partial charge in [-0.3, -0.25) is 4.79 Å². The first-order valence-corrected chi connectivity index (χ1v) is 8.25. The van der Waals surface area contributed by atoms with E-state index in [4.69, 9.17) is 0 Å². The monoisotopic (exact) mass is 320 g/mol. The summed E-state index contributed by atoms with van der Waals surface area (Å²) in [5.41, 5.74) is 7.40. The number of aromatic amines is 1. The Morgan fingerprint density at radius 3 is 2.39 bits per heavy atom. The molecule has 0 radical (unpaired) electrons. The van der Waals surface area contributed by atoms with E-state index in [1.165, 1.54) is 17.3 Å². The normalized spacial score (nSPS) is 11.1. The average molecular weight is 320 g/mol. The molecule has 0 aliphatic rings. The third kappa shape index (κ3) is 4.77. The molecule has 0 unspecified atom stereocenters. The van der Waals surface area contributed by atoms with Crippen LogP contribution >= 0.6 is 0 Å². The fourth-order valence-corrected chi connectivity index (χ4v) is 2.27. The summed E-state index contributed by atoms with van der Waals surface area (Å²) in [4.78, 5) is 15.7. The molecule has 6 heteroatoms. The van der Waals surface area contributed by atoms with Crippen molar-refractivity contribution in [3.63, 3.8) is 0 Å². The van der Waals surface area contributed by atoms with Crippen LogP contribution in [0.1, 0.15) is 50.0 Å². The van der Waals surface area contributed by atoms with Crippen LogP contribution in [0.25, 0.3) is 10.9 Å². The Kier molecular flexibility index (Phi) is 6.55. The van der Waals surface area contributed by atoms with Crippen molar-refractivity contribution in [3.05, 3.63) is 35.8 Å². The standard InChI is InChI=1S/C17H25FN4O/c1-3-5-9-19-22(20-10-6-4-2)17(23)16-12-13-11-14(18)7-8-15(13)21-16/h7-8,11-12,19-21H,3-6,9-10H2,1-2H3. The van der Waals surface area contributed by atoms with Crippen molar-refractivity contribution in [1.29, 1.82) is 0 Å². The summed E-state index contributed by atoms with van der Waals surface area (Å²) in [5, 5.41) is 2.13. The molecule has 0 saturated heterocycles. The minimum Gasteiger partial charge on any atom is -0.350 e. The van der Waals surface area contributed by atoms with Gasteiger partial charge in [-0.25, -0.2) is 20.4 Å². The zero-order valence-corrected chi connectivity index (χ0v) is 13.8. The van der Waals surface area contributed by atoms with E-state index in [2.05, 4.69) is 29.7 Å². The highest BCUT2D eigenvalue weighted by atomic mass is 19.1. The largest absolute Gasteiger partial charge is 0.350 e. The van der Waals surface area contributed by atoms with Crippen molar-refractivity contribution < 1.29 is 9.18 Å². The van der Waals surface area contributed by atoms with E-state index in [0.717, 1.165) is 44.3 Å². The van der Waals surface area contributed by atoms with Crippen LogP contribution in [0.3, 0.4) is 0 Å². The summed E-state index contributed by atoms with van der Waals surface area (Å²) < 4.78 is 13.3. The van der Waals surface area contributed by atoms with Crippen LogP contribution < -0.4 is 10.9 Å². The van der Waals surface area contributed by atoms with E-state index in [1.807, 2.05) is 0 Å². The number of amides is 1. The Bertz CT molecular complexity index is 631. The Labute approximate surface area is 136 Å². The number of hydrazine groups is 2. The Morgan fingerprint density at radius 1 is 1.13 bits per heavy atom. The molecule has 2 rings (SSSR count). The van der Waals surface area contributed by atoms with Gasteiger partial charge in [0.05, 0.1) is 0 Å². The molecule has 1 heterocycles. The molecule has 1 aromatic carbocycles. The lowest BCUT2D eigenvalue weighted by Gasteiger charge is -2.23. The topological polar surface area (TPSA) is 60.2 Å². The second-order valence-electron chi connectivity index (χ2n) is 5.58. The van der Waals surface area contributed by atoms with E-state index in [9.17, 15) is 9.18 Å². The molecule has 0 aliphatic heterocycles. The van der Waals surface area contributed by atoms with Gasteiger partial charge in [0.15, 0.2) is 0 Å². The average Bonchev–Trinajstić information content (AvgIpc) is 2.96. The number of carbonyl (C=O) groups is 1. The molecule has 1 amide bonds. The van der Waals surface area contributed by atoms with Crippen molar-refractivity contribution in [2.75, 3.05) is 13.1 Å². The minimum atomic E-state index is -0.311. The lowest BCUT2D eigenvalue weighted by Crippen LogP contribution is -2.52. The Hall–Kier alpha value is -1.92. The number of nitrogens with zero attached hydrogens (tertiary/aromatic N) is 1. The van der Waals surface area contributed by atoms with Crippen LogP contribution in [-0.2, 0) is 0 Å². The van der Waals surface area contributed by atoms with Crippen LogP contribution in [0, 0.1) is 5.82 Å². The molecule has 0 saturated carbocycles. The van der Waals surface area contributed by atoms with Crippen molar-refractivity contribution in [3.8, 4) is 0 Å². The summed E-state index contributed by atoms with van der Waals surface area (Å²) in [5.74, 6) is -0.511. The molecule has 1 aromatic heterocycles. The summed E-state index contributed by atoms with van der Waals surface area (Å²) in [6, 6.07) is 6.11. The fraction of sp³-hybridized carbons (Fsp3) is 0.471. The maximum Gasteiger partial charge on any atom is 0.299 e. The lowest BCUT2D eigenvalue weighted by molar-refractivity contribution is 0.0505. The number of rotatable bonds is 9. The Balaban J connectivity index is 2.12. The van der Waals surface area contributed by atoms with E-state index < -0.39 is 0 Å². The first-order chi connectivity index (χ1) is 11.2. The van der Waals surface area contributed by atoms with Crippen molar-refractivity contribution in [2.45, 2.75) is 39.5 Å². The van der Waals surface area contributed by atoms with Crippen molar-refractivity contribution in [2.24, 2.45) is 0 Å². The SMILES string of the molecule is CCCCNN(NCCCC)C(=O)c1cc2cc(F)ccc2[nH]1. The molecule has 0 atom stereocenters. The van der Waals surface area contributed by atoms with Gasteiger partial charge in [0.25, 0.3) is 5.91 Å². The lowest BCUT2D eigenvalue weighted by atomic mass is 10.2. The minimum absolute atomic E-state index is 0.200. The number of fused-ring (bicyclic) bond motifs is 1. The molecule has 3 N–H and O–H groups in total. The van der Waals surface area contributed by atoms with Gasteiger partial charge >= 0.3 is 0 Å². The maximum atomic E-state index is 13.3. The molecule has 0 aliphatic carbocycles. The quantitative estimate of drug-likeness (QED) is 0.490. The summed E-state index contributed by atoms with van der Waals surface area (Å²) in [6.07, 6.45) is 4.07. The number of H-pyrrole nitrogens is 1.